The fourth-order valence-corrected chi connectivity index (χ4v) is 2.07. The fraction of sp³-hybridized carbons (Fsp3) is 0.385. The Bertz CT molecular complexity index is 505. The Kier molecular flexibility index (Phi) is 6.30. The van der Waals surface area contributed by atoms with Crippen LogP contribution in [0.2, 0.25) is 0 Å². The van der Waals surface area contributed by atoms with Crippen molar-refractivity contribution in [2.45, 2.75) is 20.0 Å². The van der Waals surface area contributed by atoms with E-state index in [1.807, 2.05) is 6.92 Å². The van der Waals surface area contributed by atoms with Crippen LogP contribution in [0.5, 0.6) is 11.5 Å². The molecule has 0 aromatic heterocycles. The fourth-order valence-electron chi connectivity index (χ4n) is 1.52. The molecule has 0 radical (unpaired) electrons. The molecule has 6 nitrogen and oxygen atoms in total. The van der Waals surface area contributed by atoms with Crippen LogP contribution >= 0.6 is 15.9 Å². The van der Waals surface area contributed by atoms with Gasteiger partial charge in [0, 0.05) is 0 Å². The van der Waals surface area contributed by atoms with Crippen LogP contribution in [0.4, 0.5) is 0 Å². The third kappa shape index (κ3) is 4.12. The summed E-state index contributed by atoms with van der Waals surface area (Å²) in [7, 11) is 1.31. The Morgan fingerprint density at radius 2 is 2.25 bits per heavy atom. The molecule has 0 aliphatic carbocycles. The quantitative estimate of drug-likeness (QED) is 0.369. The lowest BCUT2D eigenvalue weighted by Gasteiger charge is -2.17. The van der Waals surface area contributed by atoms with E-state index in [-0.39, 0.29) is 0 Å². The normalized spacial score (nSPS) is 12.2. The van der Waals surface area contributed by atoms with Gasteiger partial charge in [0.25, 0.3) is 0 Å². The predicted octanol–water partition coefficient (Wildman–Crippen LogP) is 2.08. The summed E-state index contributed by atoms with van der Waals surface area (Å²) in [5, 5.41) is 3.46. The van der Waals surface area contributed by atoms with Gasteiger partial charge in [0.2, 0.25) is 0 Å². The lowest BCUT2D eigenvalue weighted by atomic mass is 10.2. The second-order valence-electron chi connectivity index (χ2n) is 3.82. The van der Waals surface area contributed by atoms with Gasteiger partial charge >= 0.3 is 5.97 Å². The van der Waals surface area contributed by atoms with Gasteiger partial charge < -0.3 is 20.1 Å². The molecule has 0 amide bonds. The van der Waals surface area contributed by atoms with Crippen LogP contribution in [0.1, 0.15) is 19.4 Å². The number of hydrogen-bond donors (Lipinski definition) is 1. The Morgan fingerprint density at radius 1 is 1.55 bits per heavy atom. The van der Waals surface area contributed by atoms with E-state index in [0.29, 0.717) is 22.6 Å². The number of ether oxygens (including phenoxy) is 3. The maximum atomic E-state index is 11.4. The summed E-state index contributed by atoms with van der Waals surface area (Å²) in [6, 6.07) is 3.49. The van der Waals surface area contributed by atoms with Crippen molar-refractivity contribution in [3.63, 3.8) is 0 Å². The van der Waals surface area contributed by atoms with E-state index in [1.54, 1.807) is 19.1 Å². The standard InChI is InChI=1S/C13H17BrN2O4/c1-4-19-11-6-9(7-16-15)5-10(14)12(11)20-8(2)13(17)18-3/h5-8H,4,15H2,1-3H3. The number of hydrazone groups is 1. The molecule has 0 bridgehead atoms. The van der Waals surface area contributed by atoms with Gasteiger partial charge in [0.15, 0.2) is 17.6 Å². The third-order valence-electron chi connectivity index (χ3n) is 2.38. The maximum Gasteiger partial charge on any atom is 0.346 e. The molecule has 1 unspecified atom stereocenters. The Labute approximate surface area is 126 Å². The second kappa shape index (κ2) is 7.74. The zero-order valence-corrected chi connectivity index (χ0v) is 13.1. The highest BCUT2D eigenvalue weighted by atomic mass is 79.9. The van der Waals surface area contributed by atoms with E-state index in [4.69, 9.17) is 15.3 Å². The molecule has 1 aromatic carbocycles. The van der Waals surface area contributed by atoms with Crippen molar-refractivity contribution in [1.82, 2.24) is 0 Å². The number of benzene rings is 1. The molecular formula is C13H17BrN2O4. The zero-order valence-electron chi connectivity index (χ0n) is 11.6. The highest BCUT2D eigenvalue weighted by molar-refractivity contribution is 9.10. The first-order chi connectivity index (χ1) is 9.53. The molecule has 7 heteroatoms. The lowest BCUT2D eigenvalue weighted by Crippen LogP contribution is -2.25. The second-order valence-corrected chi connectivity index (χ2v) is 4.68. The molecule has 0 fully saturated rings. The maximum absolute atomic E-state index is 11.4. The minimum atomic E-state index is -0.746. The summed E-state index contributed by atoms with van der Waals surface area (Å²) in [4.78, 5) is 11.4. The van der Waals surface area contributed by atoms with Gasteiger partial charge in [-0.25, -0.2) is 4.79 Å². The average molecular weight is 345 g/mol. The van der Waals surface area contributed by atoms with Crippen LogP contribution in [0, 0.1) is 0 Å². The predicted molar refractivity (Wildman–Crippen MR) is 79.2 cm³/mol. The van der Waals surface area contributed by atoms with Crippen molar-refractivity contribution in [2.75, 3.05) is 13.7 Å². The minimum Gasteiger partial charge on any atom is -0.490 e. The number of nitrogens with two attached hydrogens (primary N) is 1. The number of nitrogens with zero attached hydrogens (tertiary/aromatic N) is 1. The molecule has 110 valence electrons. The summed E-state index contributed by atoms with van der Waals surface area (Å²) in [5.41, 5.74) is 0.751. The monoisotopic (exact) mass is 344 g/mol. The summed E-state index contributed by atoms with van der Waals surface area (Å²) in [6.07, 6.45) is 0.741. The third-order valence-corrected chi connectivity index (χ3v) is 2.97. The van der Waals surface area contributed by atoms with E-state index in [9.17, 15) is 4.79 Å². The molecule has 0 aliphatic rings. The molecule has 0 heterocycles. The van der Waals surface area contributed by atoms with Crippen molar-refractivity contribution in [1.29, 1.82) is 0 Å². The number of esters is 1. The summed E-state index contributed by atoms with van der Waals surface area (Å²) in [5.74, 6) is 5.59. The van der Waals surface area contributed by atoms with Crippen molar-refractivity contribution >= 4 is 28.1 Å². The number of methoxy groups -OCH3 is 1. The van der Waals surface area contributed by atoms with Gasteiger partial charge in [0.05, 0.1) is 24.4 Å². The first-order valence-corrected chi connectivity index (χ1v) is 6.76. The number of hydrogen-bond acceptors (Lipinski definition) is 6. The Hall–Kier alpha value is -1.76. The number of halogens is 1. The lowest BCUT2D eigenvalue weighted by molar-refractivity contribution is -0.147. The zero-order chi connectivity index (χ0) is 15.1. The topological polar surface area (TPSA) is 83.1 Å². The Balaban J connectivity index is 3.13. The molecule has 0 aliphatic heterocycles. The van der Waals surface area contributed by atoms with Crippen LogP contribution in [0.25, 0.3) is 0 Å². The van der Waals surface area contributed by atoms with Gasteiger partial charge in [-0.1, -0.05) is 0 Å². The molecular weight excluding hydrogens is 328 g/mol. The van der Waals surface area contributed by atoms with Crippen LogP contribution in [-0.2, 0) is 9.53 Å². The SMILES string of the molecule is CCOc1cc(C=NN)cc(Br)c1OC(C)C(=O)OC. The largest absolute Gasteiger partial charge is 0.490 e. The van der Waals surface area contributed by atoms with E-state index in [0.717, 1.165) is 5.56 Å². The summed E-state index contributed by atoms with van der Waals surface area (Å²) in [6.45, 7) is 3.91. The highest BCUT2D eigenvalue weighted by Gasteiger charge is 2.20. The number of carbonyl (C=O) groups is 1. The molecule has 0 spiro atoms. The smallest absolute Gasteiger partial charge is 0.346 e. The summed E-state index contributed by atoms with van der Waals surface area (Å²) >= 11 is 3.38. The summed E-state index contributed by atoms with van der Waals surface area (Å²) < 4.78 is 16.4. The van der Waals surface area contributed by atoms with Crippen LogP contribution in [0.15, 0.2) is 21.7 Å². The van der Waals surface area contributed by atoms with E-state index in [2.05, 4.69) is 25.8 Å². The first-order valence-electron chi connectivity index (χ1n) is 5.97. The van der Waals surface area contributed by atoms with E-state index >= 15 is 0 Å². The van der Waals surface area contributed by atoms with Crippen molar-refractivity contribution < 1.29 is 19.0 Å². The Morgan fingerprint density at radius 3 is 2.80 bits per heavy atom. The number of carbonyl (C=O) groups excluding carboxylic acids is 1. The molecule has 0 saturated heterocycles. The molecule has 1 aromatic rings. The van der Waals surface area contributed by atoms with E-state index < -0.39 is 12.1 Å². The molecule has 0 saturated carbocycles. The van der Waals surface area contributed by atoms with Crippen LogP contribution in [0.3, 0.4) is 0 Å². The molecule has 2 N–H and O–H groups in total. The van der Waals surface area contributed by atoms with E-state index in [1.165, 1.54) is 13.3 Å². The van der Waals surface area contributed by atoms with Crippen LogP contribution < -0.4 is 15.3 Å². The van der Waals surface area contributed by atoms with Gasteiger partial charge in [-0.15, -0.1) is 0 Å². The van der Waals surface area contributed by atoms with Crippen LogP contribution in [-0.4, -0.2) is 32.0 Å². The van der Waals surface area contributed by atoms with Crippen molar-refractivity contribution in [3.05, 3.63) is 22.2 Å². The van der Waals surface area contributed by atoms with Gasteiger partial charge in [-0.2, -0.15) is 5.10 Å². The van der Waals surface area contributed by atoms with Crippen molar-refractivity contribution in [2.24, 2.45) is 10.9 Å². The highest BCUT2D eigenvalue weighted by Crippen LogP contribution is 2.37. The van der Waals surface area contributed by atoms with Gasteiger partial charge in [-0.3, -0.25) is 0 Å². The van der Waals surface area contributed by atoms with Gasteiger partial charge in [0.1, 0.15) is 0 Å². The molecule has 1 rings (SSSR count). The molecule has 20 heavy (non-hydrogen) atoms. The first kappa shape index (κ1) is 16.3. The average Bonchev–Trinajstić information content (AvgIpc) is 2.42. The molecule has 1 atom stereocenters. The van der Waals surface area contributed by atoms with Gasteiger partial charge in [-0.05, 0) is 47.5 Å². The minimum absolute atomic E-state index is 0.430. The number of rotatable bonds is 6. The van der Waals surface area contributed by atoms with Crippen molar-refractivity contribution in [3.8, 4) is 11.5 Å².